The number of aryl methyl sites for hydroxylation is 1. The molecule has 1 fully saturated rings. The first kappa shape index (κ1) is 24.4. The number of likely N-dealkylation sites (tertiary alicyclic amines) is 1. The molecule has 4 rings (SSSR count). The van der Waals surface area contributed by atoms with E-state index in [-0.39, 0.29) is 11.8 Å². The van der Waals surface area contributed by atoms with E-state index >= 15 is 0 Å². The topological polar surface area (TPSA) is 76.4 Å². The van der Waals surface area contributed by atoms with E-state index in [0.29, 0.717) is 24.6 Å². The fourth-order valence-corrected chi connectivity index (χ4v) is 6.42. The molecule has 0 unspecified atom stereocenters. The quantitative estimate of drug-likeness (QED) is 0.589. The summed E-state index contributed by atoms with van der Waals surface area (Å²) in [6.07, 6.45) is 7.53. The minimum absolute atomic E-state index is 0.0205. The third-order valence-corrected chi connectivity index (χ3v) is 8.17. The van der Waals surface area contributed by atoms with Crippen LogP contribution in [0.1, 0.15) is 71.8 Å². The summed E-state index contributed by atoms with van der Waals surface area (Å²) in [4.78, 5) is 31.2. The second-order valence-electron chi connectivity index (χ2n) is 9.25. The molecule has 1 aliphatic carbocycles. The molecule has 0 bridgehead atoms. The highest BCUT2D eigenvalue weighted by Crippen LogP contribution is 2.37. The number of carbonyl (C=O) groups excluding carboxylic acids is 2. The molecule has 180 valence electrons. The van der Waals surface area contributed by atoms with E-state index < -0.39 is 0 Å². The first-order valence-corrected chi connectivity index (χ1v) is 13.3. The molecular formula is C27H34N4O2S. The second-order valence-corrected chi connectivity index (χ2v) is 10.4. The average Bonchev–Trinajstić information content (AvgIpc) is 3.23. The van der Waals surface area contributed by atoms with E-state index in [0.717, 1.165) is 80.7 Å². The van der Waals surface area contributed by atoms with Crippen molar-refractivity contribution in [2.24, 2.45) is 0 Å². The van der Waals surface area contributed by atoms with Gasteiger partial charge in [-0.1, -0.05) is 25.1 Å². The molecule has 6 nitrogen and oxygen atoms in total. The summed E-state index contributed by atoms with van der Waals surface area (Å²) in [7, 11) is 0. The van der Waals surface area contributed by atoms with E-state index in [9.17, 15) is 14.9 Å². The number of anilines is 1. The first-order valence-electron chi connectivity index (χ1n) is 12.5. The Bertz CT molecular complexity index is 1030. The van der Waals surface area contributed by atoms with Gasteiger partial charge in [0.2, 0.25) is 5.91 Å². The molecule has 0 saturated carbocycles. The average molecular weight is 479 g/mol. The summed E-state index contributed by atoms with van der Waals surface area (Å²) in [5.41, 5.74) is 2.57. The van der Waals surface area contributed by atoms with Gasteiger partial charge in [0.1, 0.15) is 11.1 Å². The number of benzene rings is 1. The molecule has 1 N–H and O–H groups in total. The van der Waals surface area contributed by atoms with Gasteiger partial charge in [0.05, 0.1) is 5.56 Å². The van der Waals surface area contributed by atoms with Crippen LogP contribution in [-0.2, 0) is 17.6 Å². The van der Waals surface area contributed by atoms with Gasteiger partial charge in [0, 0.05) is 42.5 Å². The van der Waals surface area contributed by atoms with Crippen molar-refractivity contribution in [2.45, 2.75) is 64.3 Å². The van der Waals surface area contributed by atoms with E-state index in [1.54, 1.807) is 11.3 Å². The van der Waals surface area contributed by atoms with E-state index in [1.165, 1.54) is 4.88 Å². The smallest absolute Gasteiger partial charge is 0.253 e. The van der Waals surface area contributed by atoms with Crippen LogP contribution in [0.2, 0.25) is 0 Å². The van der Waals surface area contributed by atoms with Crippen LogP contribution in [0.15, 0.2) is 30.3 Å². The van der Waals surface area contributed by atoms with Crippen LogP contribution in [0.3, 0.4) is 0 Å². The van der Waals surface area contributed by atoms with Gasteiger partial charge in [-0.05, 0) is 69.2 Å². The predicted octanol–water partition coefficient (Wildman–Crippen LogP) is 4.84. The van der Waals surface area contributed by atoms with E-state index in [4.69, 9.17) is 0 Å². The molecule has 1 saturated heterocycles. The normalized spacial score (nSPS) is 16.2. The zero-order valence-electron chi connectivity index (χ0n) is 20.0. The van der Waals surface area contributed by atoms with Gasteiger partial charge in [-0.25, -0.2) is 0 Å². The van der Waals surface area contributed by atoms with Crippen molar-refractivity contribution in [3.8, 4) is 6.07 Å². The molecule has 34 heavy (non-hydrogen) atoms. The van der Waals surface area contributed by atoms with E-state index in [2.05, 4.69) is 23.2 Å². The lowest BCUT2D eigenvalue weighted by molar-refractivity contribution is -0.116. The molecule has 1 aliphatic heterocycles. The third-order valence-electron chi connectivity index (χ3n) is 6.96. The van der Waals surface area contributed by atoms with Crippen molar-refractivity contribution in [1.29, 1.82) is 5.26 Å². The Hall–Kier alpha value is -2.69. The Morgan fingerprint density at radius 2 is 1.88 bits per heavy atom. The van der Waals surface area contributed by atoms with Crippen LogP contribution >= 0.6 is 11.3 Å². The van der Waals surface area contributed by atoms with Crippen molar-refractivity contribution in [3.63, 3.8) is 0 Å². The molecule has 2 aliphatic rings. The molecule has 2 heterocycles. The number of piperidine rings is 1. The maximum atomic E-state index is 12.8. The molecular weight excluding hydrogens is 444 g/mol. The van der Waals surface area contributed by atoms with Gasteiger partial charge >= 0.3 is 0 Å². The summed E-state index contributed by atoms with van der Waals surface area (Å²) in [5, 5.41) is 13.4. The lowest BCUT2D eigenvalue weighted by Crippen LogP contribution is -2.47. The van der Waals surface area contributed by atoms with Gasteiger partial charge < -0.3 is 10.2 Å². The van der Waals surface area contributed by atoms with Gasteiger partial charge in [-0.15, -0.1) is 11.3 Å². The molecule has 1 aromatic heterocycles. The summed E-state index contributed by atoms with van der Waals surface area (Å²) in [6.45, 7) is 5.30. The van der Waals surface area contributed by atoms with E-state index in [1.807, 2.05) is 35.2 Å². The Kier molecular flexibility index (Phi) is 8.36. The molecule has 2 amide bonds. The number of fused-ring (bicyclic) bond motifs is 1. The monoisotopic (exact) mass is 478 g/mol. The molecule has 0 spiro atoms. The number of nitriles is 1. The molecule has 7 heteroatoms. The molecule has 2 aromatic rings. The van der Waals surface area contributed by atoms with Crippen LogP contribution in [0.4, 0.5) is 5.00 Å². The minimum atomic E-state index is -0.0205. The van der Waals surface area contributed by atoms with Crippen molar-refractivity contribution in [1.82, 2.24) is 9.80 Å². The fourth-order valence-electron chi connectivity index (χ4n) is 5.17. The number of nitrogens with one attached hydrogen (secondary N) is 1. The summed E-state index contributed by atoms with van der Waals surface area (Å²) < 4.78 is 0. The fraction of sp³-hybridized carbons (Fsp3) is 0.519. The molecule has 1 aromatic carbocycles. The van der Waals surface area contributed by atoms with Gasteiger partial charge in [0.15, 0.2) is 0 Å². The zero-order valence-corrected chi connectivity index (χ0v) is 20.8. The highest BCUT2D eigenvalue weighted by Gasteiger charge is 2.28. The van der Waals surface area contributed by atoms with Gasteiger partial charge in [-0.3, -0.25) is 14.5 Å². The number of rotatable bonds is 8. The Morgan fingerprint density at radius 3 is 2.59 bits per heavy atom. The molecule has 0 atom stereocenters. The highest BCUT2D eigenvalue weighted by atomic mass is 32.1. The number of carbonyl (C=O) groups is 2. The van der Waals surface area contributed by atoms with Crippen LogP contribution in [0.5, 0.6) is 0 Å². The van der Waals surface area contributed by atoms with Crippen molar-refractivity contribution >= 4 is 28.2 Å². The zero-order chi connectivity index (χ0) is 23.9. The standard InChI is InChI=1S/C27H34N4O2S/c1-2-15-30(21-12-16-31(17-13-21)27(33)20-8-4-3-5-9-20)18-14-25(32)29-26-23(19-28)22-10-6-7-11-24(22)34-26/h3-5,8-9,21H,2,6-7,10-18H2,1H3,(H,29,32). The largest absolute Gasteiger partial charge is 0.339 e. The predicted molar refractivity (Wildman–Crippen MR) is 136 cm³/mol. The third kappa shape index (κ3) is 5.68. The van der Waals surface area contributed by atoms with Crippen molar-refractivity contribution < 1.29 is 9.59 Å². The van der Waals surface area contributed by atoms with Crippen LogP contribution in [0, 0.1) is 11.3 Å². The van der Waals surface area contributed by atoms with Crippen molar-refractivity contribution in [3.05, 3.63) is 51.9 Å². The van der Waals surface area contributed by atoms with Crippen LogP contribution in [0.25, 0.3) is 0 Å². The lowest BCUT2D eigenvalue weighted by Gasteiger charge is -2.38. The van der Waals surface area contributed by atoms with Crippen molar-refractivity contribution in [2.75, 3.05) is 31.5 Å². The highest BCUT2D eigenvalue weighted by molar-refractivity contribution is 7.16. The molecule has 0 radical (unpaired) electrons. The second kappa shape index (κ2) is 11.6. The Morgan fingerprint density at radius 1 is 1.15 bits per heavy atom. The number of hydrogen-bond donors (Lipinski definition) is 1. The number of thiophene rings is 1. The van der Waals surface area contributed by atoms with Gasteiger partial charge in [0.25, 0.3) is 5.91 Å². The lowest BCUT2D eigenvalue weighted by atomic mass is 9.96. The summed E-state index contributed by atoms with van der Waals surface area (Å²) >= 11 is 1.58. The van der Waals surface area contributed by atoms with Gasteiger partial charge in [-0.2, -0.15) is 5.26 Å². The summed E-state index contributed by atoms with van der Waals surface area (Å²) in [6, 6.07) is 12.2. The first-order chi connectivity index (χ1) is 16.6. The number of amides is 2. The number of hydrogen-bond acceptors (Lipinski definition) is 5. The Labute approximate surface area is 206 Å². The summed E-state index contributed by atoms with van der Waals surface area (Å²) in [5.74, 6) is 0.0836. The minimum Gasteiger partial charge on any atom is -0.339 e. The Balaban J connectivity index is 1.30. The SMILES string of the molecule is CCCN(CCC(=O)Nc1sc2c(c1C#N)CCCC2)C1CCN(C(=O)c2ccccc2)CC1. The number of nitrogens with zero attached hydrogens (tertiary/aromatic N) is 3. The maximum absolute atomic E-state index is 12.8. The maximum Gasteiger partial charge on any atom is 0.253 e. The van der Waals surface area contributed by atoms with Crippen LogP contribution in [-0.4, -0.2) is 53.8 Å². The van der Waals surface area contributed by atoms with Crippen LogP contribution < -0.4 is 5.32 Å².